The summed E-state index contributed by atoms with van der Waals surface area (Å²) in [6, 6.07) is 0. The maximum atomic E-state index is 14.7. The zero-order chi connectivity index (χ0) is 28.2. The Morgan fingerprint density at radius 1 is 0.947 bits per heavy atom. The van der Waals surface area contributed by atoms with Crippen LogP contribution in [-0.4, -0.2) is 74.4 Å². The lowest BCUT2D eigenvalue weighted by Gasteiger charge is -2.63. The molecule has 0 aromatic rings. The Kier molecular flexibility index (Phi) is 7.91. The van der Waals surface area contributed by atoms with E-state index in [2.05, 4.69) is 13.8 Å². The molecule has 4 fully saturated rings. The number of carbonyl (C=O) groups is 3. The van der Waals surface area contributed by atoms with E-state index in [-0.39, 0.29) is 60.2 Å². The monoisotopic (exact) mass is 543 g/mol. The molecule has 1 amide bonds. The number of aliphatic hydroxyl groups is 2. The van der Waals surface area contributed by atoms with Crippen molar-refractivity contribution >= 4 is 17.8 Å². The largest absolute Gasteiger partial charge is 0.480 e. The molecule has 4 rings (SSSR count). The second-order valence-electron chi connectivity index (χ2n) is 13.3. The van der Waals surface area contributed by atoms with E-state index in [1.54, 1.807) is 0 Å². The molecule has 3 unspecified atom stereocenters. The van der Waals surface area contributed by atoms with E-state index >= 15 is 0 Å². The smallest absolute Gasteiger partial charge is 0.323 e. The quantitative estimate of drug-likeness (QED) is 0.367. The first-order valence-electron chi connectivity index (χ1n) is 14.1. The molecule has 0 heterocycles. The normalized spacial score (nSPS) is 42.3. The van der Waals surface area contributed by atoms with Crippen LogP contribution in [0.15, 0.2) is 0 Å². The van der Waals surface area contributed by atoms with E-state index in [0.29, 0.717) is 12.8 Å². The van der Waals surface area contributed by atoms with Crippen LogP contribution in [0.2, 0.25) is 0 Å². The van der Waals surface area contributed by atoms with Gasteiger partial charge in [-0.15, -0.1) is 0 Å². The zero-order valence-corrected chi connectivity index (χ0v) is 22.6. The first-order chi connectivity index (χ1) is 17.6. The van der Waals surface area contributed by atoms with Crippen LogP contribution in [-0.2, 0) is 14.4 Å². The van der Waals surface area contributed by atoms with Gasteiger partial charge in [0.05, 0.1) is 6.10 Å². The highest BCUT2D eigenvalue weighted by Crippen LogP contribution is 2.69. The number of nitrogens with zero attached hydrogens (tertiary/aromatic N) is 1. The molecule has 0 radical (unpaired) electrons. The molecular formula is C28H43F2NO7. The van der Waals surface area contributed by atoms with Crippen molar-refractivity contribution in [2.24, 2.45) is 46.3 Å². The molecule has 8 nitrogen and oxygen atoms in total. The van der Waals surface area contributed by atoms with Gasteiger partial charge in [0.1, 0.15) is 19.2 Å². The van der Waals surface area contributed by atoms with Gasteiger partial charge in [0.25, 0.3) is 5.92 Å². The lowest BCUT2D eigenvalue weighted by molar-refractivity contribution is -0.236. The molecule has 4 saturated carbocycles. The Morgan fingerprint density at radius 3 is 2.16 bits per heavy atom. The number of carbonyl (C=O) groups excluding carboxylic acids is 1. The minimum absolute atomic E-state index is 0.0241. The first kappa shape index (κ1) is 29.2. The van der Waals surface area contributed by atoms with E-state index in [1.807, 2.05) is 6.92 Å². The molecule has 10 atom stereocenters. The fourth-order valence-electron chi connectivity index (χ4n) is 9.47. The van der Waals surface area contributed by atoms with Crippen molar-refractivity contribution in [3.05, 3.63) is 0 Å². The van der Waals surface area contributed by atoms with Crippen molar-refractivity contribution in [1.29, 1.82) is 0 Å². The predicted molar refractivity (Wildman–Crippen MR) is 133 cm³/mol. The van der Waals surface area contributed by atoms with Gasteiger partial charge >= 0.3 is 11.9 Å². The van der Waals surface area contributed by atoms with Gasteiger partial charge in [0, 0.05) is 12.8 Å². The van der Waals surface area contributed by atoms with E-state index in [9.17, 15) is 33.4 Å². The summed E-state index contributed by atoms with van der Waals surface area (Å²) in [5.41, 5.74) is -0.728. The van der Waals surface area contributed by atoms with Crippen molar-refractivity contribution in [2.45, 2.75) is 96.7 Å². The van der Waals surface area contributed by atoms with E-state index < -0.39 is 54.5 Å². The first-order valence-corrected chi connectivity index (χ1v) is 14.1. The summed E-state index contributed by atoms with van der Waals surface area (Å²) in [6.07, 6.45) is 1.86. The summed E-state index contributed by atoms with van der Waals surface area (Å²) in [7, 11) is 0. The lowest BCUT2D eigenvalue weighted by Crippen LogP contribution is -2.62. The van der Waals surface area contributed by atoms with Gasteiger partial charge < -0.3 is 25.3 Å². The third-order valence-corrected chi connectivity index (χ3v) is 11.3. The topological polar surface area (TPSA) is 135 Å². The SMILES string of the molecule is C[C@H](CCC(=O)N(CC(=O)O)CC(=O)O)[C@H]1CCC2C3C(CC[C@@]21C)[C@@]1(C)CC(F)(F)[C@H](O)C[C@H]1C[C@@H]3O. The summed E-state index contributed by atoms with van der Waals surface area (Å²) < 4.78 is 29.4. The number of carboxylic acid groups (broad SMARTS) is 2. The third-order valence-electron chi connectivity index (χ3n) is 11.3. The van der Waals surface area contributed by atoms with Crippen molar-refractivity contribution in [1.82, 2.24) is 4.90 Å². The Hall–Kier alpha value is -1.81. The Bertz CT molecular complexity index is 930. The lowest BCUT2D eigenvalue weighted by atomic mass is 9.43. The van der Waals surface area contributed by atoms with Gasteiger partial charge in [-0.1, -0.05) is 20.8 Å². The number of aliphatic carboxylic acids is 2. The second-order valence-corrected chi connectivity index (χ2v) is 13.3. The summed E-state index contributed by atoms with van der Waals surface area (Å²) in [6.45, 7) is 4.96. The van der Waals surface area contributed by atoms with Crippen molar-refractivity contribution in [3.8, 4) is 0 Å². The minimum Gasteiger partial charge on any atom is -0.480 e. The molecule has 4 aliphatic rings. The van der Waals surface area contributed by atoms with Crippen LogP contribution in [0.3, 0.4) is 0 Å². The van der Waals surface area contributed by atoms with Crippen LogP contribution < -0.4 is 0 Å². The molecule has 0 bridgehead atoms. The standard InChI is InChI=1S/C28H43F2NO7/c1-15(4-7-22(34)31(12-23(35)36)13-24(37)38)17-5-6-18-25-19(8-9-26(17,18)2)27(3)14-28(29,30)21(33)11-16(27)10-20(25)32/h15-21,25,32-33H,4-14H2,1-3H3,(H,35,36)(H,37,38)/t15-,16-,17-,18?,19?,20+,21-,25?,26-,27+/m1/s1. The number of aliphatic hydroxyl groups excluding tert-OH is 2. The number of halogens is 2. The summed E-state index contributed by atoms with van der Waals surface area (Å²) in [5, 5.41) is 39.5. The maximum Gasteiger partial charge on any atom is 0.323 e. The van der Waals surface area contributed by atoms with Gasteiger partial charge in [-0.25, -0.2) is 8.78 Å². The van der Waals surface area contributed by atoms with Crippen molar-refractivity contribution in [2.75, 3.05) is 13.1 Å². The van der Waals surface area contributed by atoms with Crippen LogP contribution >= 0.6 is 0 Å². The highest BCUT2D eigenvalue weighted by molar-refractivity contribution is 5.85. The average Bonchev–Trinajstić information content (AvgIpc) is 3.15. The second kappa shape index (κ2) is 10.3. The number of fused-ring (bicyclic) bond motifs is 5. The van der Waals surface area contributed by atoms with E-state index in [0.717, 1.165) is 30.6 Å². The summed E-state index contributed by atoms with van der Waals surface area (Å²) in [5.74, 6) is -5.77. The number of hydrogen-bond donors (Lipinski definition) is 4. The van der Waals surface area contributed by atoms with Crippen LogP contribution in [0, 0.1) is 46.3 Å². The maximum absolute atomic E-state index is 14.7. The van der Waals surface area contributed by atoms with Gasteiger partial charge in [-0.05, 0) is 91.3 Å². The predicted octanol–water partition coefficient (Wildman–Crippen LogP) is 3.64. The van der Waals surface area contributed by atoms with Gasteiger partial charge in [-0.3, -0.25) is 14.4 Å². The number of amides is 1. The molecule has 0 spiro atoms. The fraction of sp³-hybridized carbons (Fsp3) is 0.893. The van der Waals surface area contributed by atoms with Crippen LogP contribution in [0.1, 0.15) is 78.6 Å². The Labute approximate surface area is 222 Å². The number of carboxylic acids is 2. The molecule has 216 valence electrons. The Morgan fingerprint density at radius 2 is 1.55 bits per heavy atom. The minimum atomic E-state index is -3.12. The zero-order valence-electron chi connectivity index (χ0n) is 22.6. The molecule has 0 aromatic carbocycles. The van der Waals surface area contributed by atoms with Crippen LogP contribution in [0.4, 0.5) is 8.78 Å². The van der Waals surface area contributed by atoms with Crippen LogP contribution in [0.25, 0.3) is 0 Å². The van der Waals surface area contributed by atoms with Crippen molar-refractivity contribution < 1.29 is 43.6 Å². The molecular weight excluding hydrogens is 500 g/mol. The third kappa shape index (κ3) is 5.07. The fourth-order valence-corrected chi connectivity index (χ4v) is 9.47. The molecule has 4 aliphatic carbocycles. The summed E-state index contributed by atoms with van der Waals surface area (Å²) >= 11 is 0. The highest BCUT2D eigenvalue weighted by atomic mass is 19.3. The average molecular weight is 544 g/mol. The molecule has 0 aromatic heterocycles. The van der Waals surface area contributed by atoms with Crippen LogP contribution in [0.5, 0.6) is 0 Å². The van der Waals surface area contributed by atoms with Gasteiger partial charge in [-0.2, -0.15) is 0 Å². The highest BCUT2D eigenvalue weighted by Gasteiger charge is 2.66. The van der Waals surface area contributed by atoms with Gasteiger partial charge in [0.2, 0.25) is 5.91 Å². The number of alkyl halides is 2. The molecule has 4 N–H and O–H groups in total. The molecule has 10 heteroatoms. The number of rotatable bonds is 8. The van der Waals surface area contributed by atoms with Gasteiger partial charge in [0.15, 0.2) is 0 Å². The van der Waals surface area contributed by atoms with Crippen molar-refractivity contribution in [3.63, 3.8) is 0 Å². The van der Waals surface area contributed by atoms with E-state index in [4.69, 9.17) is 10.2 Å². The number of hydrogen-bond acceptors (Lipinski definition) is 5. The molecule has 0 saturated heterocycles. The Balaban J connectivity index is 1.46. The molecule has 0 aliphatic heterocycles. The molecule has 38 heavy (non-hydrogen) atoms. The summed E-state index contributed by atoms with van der Waals surface area (Å²) in [4.78, 5) is 35.7. The van der Waals surface area contributed by atoms with E-state index in [1.165, 1.54) is 0 Å².